The molecule has 2 aliphatic heterocycles. The Morgan fingerprint density at radius 3 is 2.56 bits per heavy atom. The van der Waals surface area contributed by atoms with Crippen LogP contribution in [0.2, 0.25) is 0 Å². The van der Waals surface area contributed by atoms with Crippen LogP contribution in [0.25, 0.3) is 0 Å². The molecule has 4 nitrogen and oxygen atoms in total. The van der Waals surface area contributed by atoms with E-state index in [9.17, 15) is 23.9 Å². The highest BCUT2D eigenvalue weighted by Gasteiger charge is 2.52. The van der Waals surface area contributed by atoms with Crippen molar-refractivity contribution in [3.8, 4) is 6.07 Å². The van der Waals surface area contributed by atoms with Crippen molar-refractivity contribution in [1.29, 1.82) is 5.26 Å². The number of benzene rings is 2. The average Bonchev–Trinajstić information content (AvgIpc) is 3.02. The van der Waals surface area contributed by atoms with E-state index in [1.165, 1.54) is 47.0 Å². The Hall–Kier alpha value is -2.69. The molecule has 1 N–H and O–H groups in total. The van der Waals surface area contributed by atoms with Crippen LogP contribution < -0.4 is 0 Å². The first-order valence-corrected chi connectivity index (χ1v) is 9.27. The summed E-state index contributed by atoms with van der Waals surface area (Å²) < 4.78 is 27.5. The molecule has 4 rings (SSSR count). The SMILES string of the molecule is N#CC1=C2SC[C@@](O)(c3ccc(F)cc3)N2C(=O)C[C@H]1c1ccccc1F. The molecular weight excluding hydrogens is 370 g/mol. The second kappa shape index (κ2) is 6.48. The topological polar surface area (TPSA) is 64.3 Å². The van der Waals surface area contributed by atoms with Gasteiger partial charge in [-0.3, -0.25) is 9.69 Å². The second-order valence-corrected chi connectivity index (χ2v) is 7.41. The summed E-state index contributed by atoms with van der Waals surface area (Å²) >= 11 is 1.17. The van der Waals surface area contributed by atoms with Crippen molar-refractivity contribution in [2.45, 2.75) is 18.1 Å². The maximum Gasteiger partial charge on any atom is 0.231 e. The molecule has 2 aliphatic rings. The Kier molecular flexibility index (Phi) is 4.25. The lowest BCUT2D eigenvalue weighted by Crippen LogP contribution is -2.48. The number of carbonyl (C=O) groups is 1. The predicted octanol–water partition coefficient (Wildman–Crippen LogP) is 3.61. The van der Waals surface area contributed by atoms with Crippen LogP contribution in [0.3, 0.4) is 0 Å². The van der Waals surface area contributed by atoms with Crippen molar-refractivity contribution >= 4 is 17.7 Å². The first-order chi connectivity index (χ1) is 13.0. The van der Waals surface area contributed by atoms with E-state index in [2.05, 4.69) is 6.07 Å². The number of hydrogen-bond donors (Lipinski definition) is 1. The van der Waals surface area contributed by atoms with Gasteiger partial charge >= 0.3 is 0 Å². The molecule has 27 heavy (non-hydrogen) atoms. The molecule has 1 saturated heterocycles. The number of aliphatic hydroxyl groups is 1. The fourth-order valence-electron chi connectivity index (χ4n) is 3.58. The van der Waals surface area contributed by atoms with E-state index in [1.807, 2.05) is 0 Å². The van der Waals surface area contributed by atoms with Gasteiger partial charge in [0.15, 0.2) is 5.72 Å². The maximum atomic E-state index is 14.3. The molecule has 0 spiro atoms. The van der Waals surface area contributed by atoms with Gasteiger partial charge in [0, 0.05) is 17.9 Å². The normalized spacial score (nSPS) is 24.7. The molecule has 1 fully saturated rings. The van der Waals surface area contributed by atoms with Gasteiger partial charge in [-0.2, -0.15) is 5.26 Å². The van der Waals surface area contributed by atoms with Crippen LogP contribution in [-0.4, -0.2) is 21.7 Å². The summed E-state index contributed by atoms with van der Waals surface area (Å²) in [6.45, 7) is 0. The highest BCUT2D eigenvalue weighted by molar-refractivity contribution is 8.03. The smallest absolute Gasteiger partial charge is 0.231 e. The molecule has 0 aliphatic carbocycles. The Morgan fingerprint density at radius 2 is 1.89 bits per heavy atom. The molecule has 2 heterocycles. The highest BCUT2D eigenvalue weighted by Crippen LogP contribution is 2.51. The molecule has 0 saturated carbocycles. The van der Waals surface area contributed by atoms with Crippen molar-refractivity contribution in [2.75, 3.05) is 5.75 Å². The summed E-state index contributed by atoms with van der Waals surface area (Å²) in [6.07, 6.45) is -0.128. The van der Waals surface area contributed by atoms with Gasteiger partial charge in [0.2, 0.25) is 5.91 Å². The summed E-state index contributed by atoms with van der Waals surface area (Å²) in [6, 6.07) is 13.4. The zero-order valence-corrected chi connectivity index (χ0v) is 14.8. The molecule has 0 unspecified atom stereocenters. The van der Waals surface area contributed by atoms with Crippen molar-refractivity contribution in [3.63, 3.8) is 0 Å². The lowest BCUT2D eigenvalue weighted by Gasteiger charge is -2.38. The second-order valence-electron chi connectivity index (χ2n) is 6.45. The third kappa shape index (κ3) is 2.73. The van der Waals surface area contributed by atoms with Crippen LogP contribution in [0.5, 0.6) is 0 Å². The Labute approximate surface area is 158 Å². The van der Waals surface area contributed by atoms with Gasteiger partial charge in [-0.05, 0) is 23.8 Å². The molecule has 1 amide bonds. The van der Waals surface area contributed by atoms with Crippen molar-refractivity contribution in [1.82, 2.24) is 4.90 Å². The van der Waals surface area contributed by atoms with E-state index >= 15 is 0 Å². The third-order valence-corrected chi connectivity index (χ3v) is 6.12. The summed E-state index contributed by atoms with van der Waals surface area (Å²) in [5.74, 6) is -1.93. The zero-order chi connectivity index (χ0) is 19.2. The van der Waals surface area contributed by atoms with E-state index in [-0.39, 0.29) is 23.3 Å². The molecule has 0 bridgehead atoms. The van der Waals surface area contributed by atoms with Gasteiger partial charge in [0.1, 0.15) is 11.6 Å². The number of allylic oxidation sites excluding steroid dienone is 1. The van der Waals surface area contributed by atoms with Crippen LogP contribution in [0.1, 0.15) is 23.5 Å². The third-order valence-electron chi connectivity index (χ3n) is 4.90. The number of hydrogen-bond acceptors (Lipinski definition) is 4. The molecule has 2 aromatic rings. The highest BCUT2D eigenvalue weighted by atomic mass is 32.2. The van der Waals surface area contributed by atoms with Gasteiger partial charge in [-0.15, -0.1) is 11.8 Å². The van der Waals surface area contributed by atoms with E-state index in [0.717, 1.165) is 0 Å². The van der Waals surface area contributed by atoms with Gasteiger partial charge in [-0.1, -0.05) is 30.3 Å². The largest absolute Gasteiger partial charge is 0.366 e. The van der Waals surface area contributed by atoms with Crippen molar-refractivity contribution < 1.29 is 18.7 Å². The first kappa shape index (κ1) is 17.7. The number of halogens is 2. The van der Waals surface area contributed by atoms with E-state index in [4.69, 9.17) is 0 Å². The van der Waals surface area contributed by atoms with Gasteiger partial charge in [0.25, 0.3) is 0 Å². The van der Waals surface area contributed by atoms with Gasteiger partial charge in [0.05, 0.1) is 22.4 Å². The van der Waals surface area contributed by atoms with E-state index < -0.39 is 29.2 Å². The minimum atomic E-state index is -1.67. The summed E-state index contributed by atoms with van der Waals surface area (Å²) in [4.78, 5) is 14.1. The quantitative estimate of drug-likeness (QED) is 0.859. The van der Waals surface area contributed by atoms with Crippen LogP contribution in [0.15, 0.2) is 59.1 Å². The minimum Gasteiger partial charge on any atom is -0.366 e. The predicted molar refractivity (Wildman–Crippen MR) is 96.0 cm³/mol. The van der Waals surface area contributed by atoms with Gasteiger partial charge in [-0.25, -0.2) is 8.78 Å². The number of fused-ring (bicyclic) bond motifs is 1. The fourth-order valence-corrected chi connectivity index (χ4v) is 4.94. The number of thioether (sulfide) groups is 1. The van der Waals surface area contributed by atoms with Crippen LogP contribution in [0, 0.1) is 23.0 Å². The number of amides is 1. The standard InChI is InChI=1S/C20H14F2N2O2S/c21-13-7-5-12(6-8-13)20(26)11-27-19-16(10-23)15(9-18(25)24(19)20)14-3-1-2-4-17(14)22/h1-8,15,26H,9,11H2/t15-,20+/m0/s1. The maximum absolute atomic E-state index is 14.3. The number of carbonyl (C=O) groups excluding carboxylic acids is 1. The molecular formula is C20H14F2N2O2S. The summed E-state index contributed by atoms with van der Waals surface area (Å²) in [5, 5.41) is 21.2. The monoisotopic (exact) mass is 384 g/mol. The van der Waals surface area contributed by atoms with Crippen LogP contribution in [0.4, 0.5) is 8.78 Å². The first-order valence-electron chi connectivity index (χ1n) is 8.28. The fraction of sp³-hybridized carbons (Fsp3) is 0.200. The Morgan fingerprint density at radius 1 is 1.19 bits per heavy atom. The molecule has 7 heteroatoms. The van der Waals surface area contributed by atoms with E-state index in [0.29, 0.717) is 10.6 Å². The number of nitriles is 1. The van der Waals surface area contributed by atoms with Crippen molar-refractivity contribution in [2.24, 2.45) is 0 Å². The zero-order valence-electron chi connectivity index (χ0n) is 14.0. The number of nitrogens with zero attached hydrogens (tertiary/aromatic N) is 2. The molecule has 0 radical (unpaired) electrons. The molecule has 0 aromatic heterocycles. The molecule has 2 aromatic carbocycles. The summed E-state index contributed by atoms with van der Waals surface area (Å²) in [5.41, 5.74) is -0.774. The molecule has 2 atom stereocenters. The van der Waals surface area contributed by atoms with E-state index in [1.54, 1.807) is 18.2 Å². The Bertz CT molecular complexity index is 1000. The number of rotatable bonds is 2. The van der Waals surface area contributed by atoms with Gasteiger partial charge < -0.3 is 5.11 Å². The van der Waals surface area contributed by atoms with Crippen LogP contribution in [-0.2, 0) is 10.5 Å². The average molecular weight is 384 g/mol. The summed E-state index contributed by atoms with van der Waals surface area (Å²) in [7, 11) is 0. The molecule has 136 valence electrons. The lowest BCUT2D eigenvalue weighted by molar-refractivity contribution is -0.149. The van der Waals surface area contributed by atoms with Crippen molar-refractivity contribution in [3.05, 3.63) is 81.9 Å². The minimum absolute atomic E-state index is 0.106. The lowest BCUT2D eigenvalue weighted by atomic mass is 9.85. The van der Waals surface area contributed by atoms with Crippen LogP contribution >= 0.6 is 11.8 Å². The Balaban J connectivity index is 1.83.